The highest BCUT2D eigenvalue weighted by atomic mass is 35.5. The van der Waals surface area contributed by atoms with Crippen molar-refractivity contribution in [2.24, 2.45) is 0 Å². The second-order valence-corrected chi connectivity index (χ2v) is 2.64. The summed E-state index contributed by atoms with van der Waals surface area (Å²) < 4.78 is -2.47. The molecule has 0 unspecified atom stereocenters. The Bertz CT molecular complexity index is 139. The lowest BCUT2D eigenvalue weighted by Gasteiger charge is -2.03. The number of rotatable bonds is 2. The van der Waals surface area contributed by atoms with Crippen molar-refractivity contribution < 1.29 is 9.72 Å². The predicted molar refractivity (Wildman–Crippen MR) is 32.1 cm³/mol. The molecule has 0 bridgehead atoms. The fraction of sp³-hybridized carbons (Fsp3) is 0.667. The zero-order valence-corrected chi connectivity index (χ0v) is 5.94. The molecule has 0 aromatic carbocycles. The van der Waals surface area contributed by atoms with Crippen LogP contribution in [0.1, 0.15) is 6.92 Å². The standard InChI is InChI=1S/C3H3Cl2NO3/c1-2(7)3(4,5)6(8)9/h1H3. The van der Waals surface area contributed by atoms with Crippen LogP contribution in [-0.4, -0.2) is 15.2 Å². The van der Waals surface area contributed by atoms with E-state index in [1.165, 1.54) is 0 Å². The van der Waals surface area contributed by atoms with Crippen LogP contribution >= 0.6 is 23.2 Å². The summed E-state index contributed by atoms with van der Waals surface area (Å²) in [7, 11) is 0. The van der Waals surface area contributed by atoms with E-state index < -0.39 is 15.2 Å². The smallest absolute Gasteiger partial charge is 0.289 e. The molecule has 0 saturated carbocycles. The van der Waals surface area contributed by atoms with Crippen LogP contribution in [-0.2, 0) is 4.79 Å². The minimum absolute atomic E-state index is 0.893. The Labute approximate surface area is 60.9 Å². The number of hydrogen-bond acceptors (Lipinski definition) is 3. The van der Waals surface area contributed by atoms with E-state index in [0.29, 0.717) is 0 Å². The number of ketones is 1. The monoisotopic (exact) mass is 171 g/mol. The van der Waals surface area contributed by atoms with Crippen LogP contribution in [0.2, 0.25) is 0 Å². The van der Waals surface area contributed by atoms with Crippen LogP contribution in [0.25, 0.3) is 0 Å². The second kappa shape index (κ2) is 2.49. The molecule has 0 saturated heterocycles. The molecular weight excluding hydrogens is 169 g/mol. The molecule has 0 aromatic rings. The van der Waals surface area contributed by atoms with Gasteiger partial charge in [0.2, 0.25) is 5.78 Å². The largest absolute Gasteiger partial charge is 0.428 e. The molecule has 0 rings (SSSR count). The zero-order chi connectivity index (χ0) is 7.65. The number of Topliss-reactive ketones (excluding diaryl/α,β-unsaturated/α-hetero) is 1. The first-order valence-corrected chi connectivity index (χ1v) is 2.68. The summed E-state index contributed by atoms with van der Waals surface area (Å²) in [5.74, 6) is -0.893. The van der Waals surface area contributed by atoms with Crippen molar-refractivity contribution in [1.29, 1.82) is 0 Å². The van der Waals surface area contributed by atoms with Gasteiger partial charge in [-0.15, -0.1) is 0 Å². The third-order valence-corrected chi connectivity index (χ3v) is 1.46. The predicted octanol–water partition coefficient (Wildman–Crippen LogP) is 0.983. The molecule has 0 N–H and O–H groups in total. The van der Waals surface area contributed by atoms with Gasteiger partial charge in [-0.25, -0.2) is 0 Å². The Morgan fingerprint density at radius 2 is 2.00 bits per heavy atom. The average molecular weight is 172 g/mol. The van der Waals surface area contributed by atoms with Gasteiger partial charge in [-0.1, -0.05) is 0 Å². The Hall–Kier alpha value is -0.350. The molecule has 4 nitrogen and oxygen atoms in total. The maximum absolute atomic E-state index is 10.2. The third kappa shape index (κ3) is 1.80. The molecule has 0 atom stereocenters. The molecule has 52 valence electrons. The van der Waals surface area contributed by atoms with Gasteiger partial charge >= 0.3 is 4.46 Å². The van der Waals surface area contributed by atoms with Gasteiger partial charge in [0.1, 0.15) is 0 Å². The first-order valence-electron chi connectivity index (χ1n) is 1.92. The van der Waals surface area contributed by atoms with E-state index in [1.807, 2.05) is 0 Å². The lowest BCUT2D eigenvalue weighted by molar-refractivity contribution is -0.500. The molecule has 0 aliphatic rings. The number of carbonyl (C=O) groups excluding carboxylic acids is 1. The Morgan fingerprint density at radius 1 is 1.67 bits per heavy atom. The molecule has 0 fully saturated rings. The van der Waals surface area contributed by atoms with Gasteiger partial charge in [-0.05, 0) is 23.2 Å². The van der Waals surface area contributed by atoms with E-state index in [0.717, 1.165) is 6.92 Å². The minimum Gasteiger partial charge on any atom is -0.289 e. The summed E-state index contributed by atoms with van der Waals surface area (Å²) in [6.45, 7) is 0.947. The number of nitro groups is 1. The summed E-state index contributed by atoms with van der Waals surface area (Å²) >= 11 is 9.85. The number of carbonyl (C=O) groups is 1. The molecule has 0 amide bonds. The summed E-state index contributed by atoms with van der Waals surface area (Å²) in [4.78, 5) is 18.9. The minimum atomic E-state index is -2.47. The fourth-order valence-electron chi connectivity index (χ4n) is 0.129. The summed E-state index contributed by atoms with van der Waals surface area (Å²) in [5.41, 5.74) is 0. The average Bonchev–Trinajstić information content (AvgIpc) is 1.65. The molecular formula is C3H3Cl2NO3. The van der Waals surface area contributed by atoms with Crippen LogP contribution < -0.4 is 0 Å². The van der Waals surface area contributed by atoms with Crippen molar-refractivity contribution in [1.82, 2.24) is 0 Å². The highest BCUT2D eigenvalue weighted by molar-refractivity contribution is 6.56. The van der Waals surface area contributed by atoms with Crippen molar-refractivity contribution in [3.8, 4) is 0 Å². The number of halogens is 2. The lowest BCUT2D eigenvalue weighted by Crippen LogP contribution is -2.32. The highest BCUT2D eigenvalue weighted by Crippen LogP contribution is 2.21. The van der Waals surface area contributed by atoms with Crippen molar-refractivity contribution in [2.45, 2.75) is 11.4 Å². The van der Waals surface area contributed by atoms with Crippen molar-refractivity contribution in [3.63, 3.8) is 0 Å². The molecule has 9 heavy (non-hydrogen) atoms. The Morgan fingerprint density at radius 3 is 2.00 bits per heavy atom. The van der Waals surface area contributed by atoms with Crippen LogP contribution in [0.5, 0.6) is 0 Å². The molecule has 6 heteroatoms. The van der Waals surface area contributed by atoms with Crippen LogP contribution in [0.4, 0.5) is 0 Å². The van der Waals surface area contributed by atoms with Gasteiger partial charge < -0.3 is 0 Å². The molecule has 0 aliphatic heterocycles. The van der Waals surface area contributed by atoms with Crippen molar-refractivity contribution in [3.05, 3.63) is 10.1 Å². The Kier molecular flexibility index (Phi) is 2.40. The van der Waals surface area contributed by atoms with Gasteiger partial charge in [-0.2, -0.15) is 0 Å². The molecule has 0 aliphatic carbocycles. The van der Waals surface area contributed by atoms with E-state index in [9.17, 15) is 14.9 Å². The number of nitrogens with zero attached hydrogens (tertiary/aromatic N) is 1. The van der Waals surface area contributed by atoms with Gasteiger partial charge in [0, 0.05) is 6.92 Å². The maximum Gasteiger partial charge on any atom is 0.428 e. The molecule has 0 heterocycles. The first-order chi connectivity index (χ1) is 3.89. The van der Waals surface area contributed by atoms with Crippen molar-refractivity contribution in [2.75, 3.05) is 0 Å². The second-order valence-electron chi connectivity index (χ2n) is 1.35. The van der Waals surface area contributed by atoms with E-state index >= 15 is 0 Å². The highest BCUT2D eigenvalue weighted by Gasteiger charge is 2.43. The van der Waals surface area contributed by atoms with Crippen LogP contribution in [0.3, 0.4) is 0 Å². The molecule has 0 aromatic heterocycles. The number of hydrogen-bond donors (Lipinski definition) is 0. The van der Waals surface area contributed by atoms with Gasteiger partial charge in [0.05, 0.1) is 4.92 Å². The van der Waals surface area contributed by atoms with Crippen LogP contribution in [0, 0.1) is 10.1 Å². The van der Waals surface area contributed by atoms with Gasteiger partial charge in [-0.3, -0.25) is 14.9 Å². The van der Waals surface area contributed by atoms with E-state index in [4.69, 9.17) is 23.2 Å². The Balaban J connectivity index is 4.38. The first kappa shape index (κ1) is 8.65. The maximum atomic E-state index is 10.2. The normalized spacial score (nSPS) is 11.0. The summed E-state index contributed by atoms with van der Waals surface area (Å²) in [5, 5.41) is 9.78. The quantitative estimate of drug-likeness (QED) is 0.270. The van der Waals surface area contributed by atoms with Crippen molar-refractivity contribution >= 4 is 29.0 Å². The van der Waals surface area contributed by atoms with E-state index in [-0.39, 0.29) is 0 Å². The van der Waals surface area contributed by atoms with Gasteiger partial charge in [0.15, 0.2) is 0 Å². The topological polar surface area (TPSA) is 60.2 Å². The van der Waals surface area contributed by atoms with Crippen LogP contribution in [0.15, 0.2) is 0 Å². The van der Waals surface area contributed by atoms with E-state index in [2.05, 4.69) is 0 Å². The van der Waals surface area contributed by atoms with E-state index in [1.54, 1.807) is 0 Å². The summed E-state index contributed by atoms with van der Waals surface area (Å²) in [6.07, 6.45) is 0. The van der Waals surface area contributed by atoms with Gasteiger partial charge in [0.25, 0.3) is 0 Å². The number of alkyl halides is 2. The zero-order valence-electron chi connectivity index (χ0n) is 4.43. The fourth-order valence-corrected chi connectivity index (χ4v) is 0.129. The SMILES string of the molecule is CC(=O)C(Cl)(Cl)[N+](=O)[O-]. The lowest BCUT2D eigenvalue weighted by atomic mass is 10.4. The summed E-state index contributed by atoms with van der Waals surface area (Å²) in [6, 6.07) is 0. The third-order valence-electron chi connectivity index (χ3n) is 0.653. The molecule has 0 spiro atoms. The molecule has 0 radical (unpaired) electrons.